The third kappa shape index (κ3) is 6.76. The molecule has 0 heterocycles. The molecule has 0 aromatic carbocycles. The third-order valence-corrected chi connectivity index (χ3v) is 2.72. The van der Waals surface area contributed by atoms with E-state index in [0.29, 0.717) is 0 Å². The zero-order chi connectivity index (χ0) is 13.3. The van der Waals surface area contributed by atoms with E-state index in [1.165, 1.54) is 19.4 Å². The number of carbonyl (C=O) groups is 2. The number of carboxylic acid groups (broad SMARTS) is 2. The molecule has 1 atom stereocenters. The summed E-state index contributed by atoms with van der Waals surface area (Å²) in [6.45, 7) is 3.57. The molecule has 4 nitrogen and oxygen atoms in total. The van der Waals surface area contributed by atoms with Crippen LogP contribution in [0.3, 0.4) is 0 Å². The first-order valence-electron chi connectivity index (χ1n) is 6.05. The van der Waals surface area contributed by atoms with E-state index in [1.54, 1.807) is 6.08 Å². The first-order chi connectivity index (χ1) is 7.92. The van der Waals surface area contributed by atoms with Crippen LogP contribution in [0.1, 0.15) is 52.4 Å². The molecule has 0 rings (SSSR count). The van der Waals surface area contributed by atoms with Gasteiger partial charge in [-0.05, 0) is 19.8 Å². The SMILES string of the molecule is CCCCCC/C=C/C(C)(CC(=O)O)C(=O)O. The van der Waals surface area contributed by atoms with Crippen LogP contribution in [-0.4, -0.2) is 22.2 Å². The van der Waals surface area contributed by atoms with E-state index in [1.807, 2.05) is 0 Å². The van der Waals surface area contributed by atoms with Gasteiger partial charge in [-0.2, -0.15) is 0 Å². The topological polar surface area (TPSA) is 74.6 Å². The van der Waals surface area contributed by atoms with Crippen molar-refractivity contribution in [3.63, 3.8) is 0 Å². The summed E-state index contributed by atoms with van der Waals surface area (Å²) < 4.78 is 0. The first-order valence-corrected chi connectivity index (χ1v) is 6.05. The number of rotatable bonds is 9. The molecule has 0 aliphatic heterocycles. The van der Waals surface area contributed by atoms with E-state index in [9.17, 15) is 9.59 Å². The van der Waals surface area contributed by atoms with Crippen LogP contribution in [0, 0.1) is 5.41 Å². The maximum absolute atomic E-state index is 11.0. The first kappa shape index (κ1) is 15.7. The summed E-state index contributed by atoms with van der Waals surface area (Å²) in [6.07, 6.45) is 8.21. The van der Waals surface area contributed by atoms with Crippen LogP contribution in [0.4, 0.5) is 0 Å². The van der Waals surface area contributed by atoms with Gasteiger partial charge in [-0.3, -0.25) is 9.59 Å². The summed E-state index contributed by atoms with van der Waals surface area (Å²) in [5.41, 5.74) is -1.30. The van der Waals surface area contributed by atoms with Crippen LogP contribution < -0.4 is 0 Å². The van der Waals surface area contributed by atoms with Gasteiger partial charge in [0.25, 0.3) is 0 Å². The van der Waals surface area contributed by atoms with Crippen LogP contribution in [0.15, 0.2) is 12.2 Å². The van der Waals surface area contributed by atoms with Crippen LogP contribution in [0.2, 0.25) is 0 Å². The Morgan fingerprint density at radius 1 is 1.18 bits per heavy atom. The summed E-state index contributed by atoms with van der Waals surface area (Å²) in [7, 11) is 0. The number of hydrogen-bond acceptors (Lipinski definition) is 2. The number of aliphatic carboxylic acids is 2. The zero-order valence-corrected chi connectivity index (χ0v) is 10.6. The molecule has 0 fully saturated rings. The minimum atomic E-state index is -1.30. The van der Waals surface area contributed by atoms with Crippen LogP contribution in [0.25, 0.3) is 0 Å². The Labute approximate surface area is 102 Å². The molecule has 17 heavy (non-hydrogen) atoms. The van der Waals surface area contributed by atoms with Crippen LogP contribution >= 0.6 is 0 Å². The standard InChI is InChI=1S/C13H22O4/c1-3-4-5-6-7-8-9-13(2,12(16)17)10-11(14)15/h8-9H,3-7,10H2,1-2H3,(H,14,15)(H,16,17)/b9-8+. The molecule has 4 heteroatoms. The zero-order valence-electron chi connectivity index (χ0n) is 10.6. The van der Waals surface area contributed by atoms with Gasteiger partial charge in [0.05, 0.1) is 11.8 Å². The second-order valence-electron chi connectivity index (χ2n) is 4.54. The molecule has 0 aromatic rings. The summed E-state index contributed by atoms with van der Waals surface area (Å²) in [6, 6.07) is 0. The molecular formula is C13H22O4. The van der Waals surface area contributed by atoms with Gasteiger partial charge in [0, 0.05) is 0 Å². The van der Waals surface area contributed by atoms with Crippen molar-refractivity contribution in [3.05, 3.63) is 12.2 Å². The van der Waals surface area contributed by atoms with Crippen molar-refractivity contribution in [3.8, 4) is 0 Å². The monoisotopic (exact) mass is 242 g/mol. The summed E-state index contributed by atoms with van der Waals surface area (Å²) in [5.74, 6) is -2.18. The van der Waals surface area contributed by atoms with Crippen LogP contribution in [-0.2, 0) is 9.59 Å². The van der Waals surface area contributed by atoms with Crippen molar-refractivity contribution in [1.29, 1.82) is 0 Å². The lowest BCUT2D eigenvalue weighted by Gasteiger charge is -2.17. The quantitative estimate of drug-likeness (QED) is 0.481. The number of unbranched alkanes of at least 4 members (excludes halogenated alkanes) is 4. The molecule has 0 saturated carbocycles. The number of allylic oxidation sites excluding steroid dienone is 1. The Morgan fingerprint density at radius 2 is 1.82 bits per heavy atom. The molecule has 0 aromatic heterocycles. The molecule has 0 radical (unpaired) electrons. The highest BCUT2D eigenvalue weighted by molar-refractivity contribution is 5.82. The van der Waals surface area contributed by atoms with Gasteiger partial charge >= 0.3 is 11.9 Å². The minimum absolute atomic E-state index is 0.381. The van der Waals surface area contributed by atoms with Crippen molar-refractivity contribution in [1.82, 2.24) is 0 Å². The van der Waals surface area contributed by atoms with Crippen molar-refractivity contribution >= 4 is 11.9 Å². The predicted octanol–water partition coefficient (Wildman–Crippen LogP) is 3.08. The van der Waals surface area contributed by atoms with Crippen LogP contribution in [0.5, 0.6) is 0 Å². The van der Waals surface area contributed by atoms with Gasteiger partial charge in [-0.25, -0.2) is 0 Å². The maximum atomic E-state index is 11.0. The Bertz CT molecular complexity index is 283. The molecule has 0 bridgehead atoms. The summed E-state index contributed by atoms with van der Waals surface area (Å²) in [5, 5.41) is 17.7. The normalized spacial score (nSPS) is 14.7. The molecule has 0 saturated heterocycles. The largest absolute Gasteiger partial charge is 0.481 e. The minimum Gasteiger partial charge on any atom is -0.481 e. The Hall–Kier alpha value is -1.32. The predicted molar refractivity (Wildman–Crippen MR) is 65.9 cm³/mol. The molecule has 0 spiro atoms. The van der Waals surface area contributed by atoms with Crippen molar-refractivity contribution in [2.24, 2.45) is 5.41 Å². The highest BCUT2D eigenvalue weighted by Crippen LogP contribution is 2.24. The average molecular weight is 242 g/mol. The molecule has 98 valence electrons. The molecule has 0 amide bonds. The second kappa shape index (κ2) is 7.87. The van der Waals surface area contributed by atoms with Gasteiger partial charge in [0.15, 0.2) is 0 Å². The molecule has 0 aliphatic carbocycles. The fourth-order valence-electron chi connectivity index (χ4n) is 1.55. The third-order valence-electron chi connectivity index (χ3n) is 2.72. The number of carboxylic acids is 2. The smallest absolute Gasteiger partial charge is 0.313 e. The van der Waals surface area contributed by atoms with Crippen molar-refractivity contribution in [2.75, 3.05) is 0 Å². The van der Waals surface area contributed by atoms with E-state index in [4.69, 9.17) is 10.2 Å². The Balaban J connectivity index is 4.20. The fraction of sp³-hybridized carbons (Fsp3) is 0.692. The average Bonchev–Trinajstić information content (AvgIpc) is 2.22. The number of hydrogen-bond donors (Lipinski definition) is 2. The lowest BCUT2D eigenvalue weighted by Crippen LogP contribution is -2.28. The van der Waals surface area contributed by atoms with E-state index in [-0.39, 0.29) is 6.42 Å². The Morgan fingerprint density at radius 3 is 2.29 bits per heavy atom. The van der Waals surface area contributed by atoms with E-state index < -0.39 is 17.4 Å². The van der Waals surface area contributed by atoms with Crippen molar-refractivity contribution in [2.45, 2.75) is 52.4 Å². The molecule has 0 aliphatic rings. The van der Waals surface area contributed by atoms with E-state index in [2.05, 4.69) is 6.92 Å². The van der Waals surface area contributed by atoms with E-state index >= 15 is 0 Å². The van der Waals surface area contributed by atoms with Gasteiger partial charge in [-0.15, -0.1) is 0 Å². The summed E-state index contributed by atoms with van der Waals surface area (Å²) in [4.78, 5) is 21.6. The van der Waals surface area contributed by atoms with Gasteiger partial charge in [0.1, 0.15) is 0 Å². The van der Waals surface area contributed by atoms with E-state index in [0.717, 1.165) is 25.7 Å². The lowest BCUT2D eigenvalue weighted by molar-refractivity contribution is -0.151. The van der Waals surface area contributed by atoms with Gasteiger partial charge in [-0.1, -0.05) is 38.3 Å². The molecular weight excluding hydrogens is 220 g/mol. The fourth-order valence-corrected chi connectivity index (χ4v) is 1.55. The van der Waals surface area contributed by atoms with Crippen molar-refractivity contribution < 1.29 is 19.8 Å². The summed E-state index contributed by atoms with van der Waals surface area (Å²) >= 11 is 0. The lowest BCUT2D eigenvalue weighted by atomic mass is 9.86. The van der Waals surface area contributed by atoms with Gasteiger partial charge < -0.3 is 10.2 Å². The second-order valence-corrected chi connectivity index (χ2v) is 4.54. The highest BCUT2D eigenvalue weighted by atomic mass is 16.4. The Kier molecular flexibility index (Phi) is 7.26. The van der Waals surface area contributed by atoms with Gasteiger partial charge in [0.2, 0.25) is 0 Å². The molecule has 1 unspecified atom stereocenters. The maximum Gasteiger partial charge on any atom is 0.313 e. The highest BCUT2D eigenvalue weighted by Gasteiger charge is 2.32. The molecule has 2 N–H and O–H groups in total.